The number of carboxylic acids is 1. The average Bonchev–Trinajstić information content (AvgIpc) is 2.69. The minimum atomic E-state index is -1.01. The lowest BCUT2D eigenvalue weighted by molar-refractivity contribution is 0.0694. The van der Waals surface area contributed by atoms with Crippen molar-refractivity contribution in [3.8, 4) is 0 Å². The molecule has 0 amide bonds. The number of rotatable bonds is 3. The molecule has 19 heavy (non-hydrogen) atoms. The number of aromatic nitrogens is 2. The van der Waals surface area contributed by atoms with Crippen molar-refractivity contribution < 1.29 is 9.90 Å². The van der Waals surface area contributed by atoms with Crippen molar-refractivity contribution in [3.05, 3.63) is 49.3 Å². The minimum Gasteiger partial charge on any atom is -0.478 e. The highest BCUT2D eigenvalue weighted by Crippen LogP contribution is 2.16. The van der Waals surface area contributed by atoms with Crippen LogP contribution >= 0.6 is 11.3 Å². The number of aromatic carboxylic acids is 1. The fourth-order valence-electron chi connectivity index (χ4n) is 2.08. The lowest BCUT2D eigenvalue weighted by atomic mass is 10.1. The summed E-state index contributed by atoms with van der Waals surface area (Å²) >= 11 is 1.50. The van der Waals surface area contributed by atoms with Crippen LogP contribution in [0.2, 0.25) is 0 Å². The number of carbonyl (C=O) groups is 1. The Morgan fingerprint density at radius 1 is 1.42 bits per heavy atom. The molecule has 0 aromatic carbocycles. The first kappa shape index (κ1) is 13.5. The van der Waals surface area contributed by atoms with Gasteiger partial charge in [-0.1, -0.05) is 0 Å². The Hall–Kier alpha value is -1.95. The Morgan fingerprint density at radius 3 is 2.63 bits per heavy atom. The molecule has 5 nitrogen and oxygen atoms in total. The van der Waals surface area contributed by atoms with Crippen molar-refractivity contribution in [2.75, 3.05) is 0 Å². The van der Waals surface area contributed by atoms with Crippen molar-refractivity contribution >= 4 is 17.3 Å². The molecule has 0 aliphatic heterocycles. The largest absolute Gasteiger partial charge is 0.478 e. The van der Waals surface area contributed by atoms with Gasteiger partial charge in [-0.25, -0.2) is 9.78 Å². The molecule has 0 bridgehead atoms. The predicted molar refractivity (Wildman–Crippen MR) is 73.1 cm³/mol. The SMILES string of the molecule is Cc1ncc(Cn2c(C)c(C(=O)O)c(C)cc2=O)s1. The van der Waals surface area contributed by atoms with Crippen molar-refractivity contribution in [2.24, 2.45) is 0 Å². The van der Waals surface area contributed by atoms with E-state index in [1.165, 1.54) is 22.0 Å². The van der Waals surface area contributed by atoms with Crippen molar-refractivity contribution in [1.29, 1.82) is 0 Å². The molecule has 0 aliphatic rings. The molecule has 100 valence electrons. The van der Waals surface area contributed by atoms with E-state index < -0.39 is 5.97 Å². The maximum absolute atomic E-state index is 12.0. The first-order valence-corrected chi connectivity index (χ1v) is 6.57. The Morgan fingerprint density at radius 2 is 2.11 bits per heavy atom. The molecule has 0 saturated carbocycles. The Kier molecular flexibility index (Phi) is 3.53. The third-order valence-electron chi connectivity index (χ3n) is 2.96. The highest BCUT2D eigenvalue weighted by atomic mass is 32.1. The van der Waals surface area contributed by atoms with Crippen LogP contribution < -0.4 is 5.56 Å². The lowest BCUT2D eigenvalue weighted by Crippen LogP contribution is -2.25. The summed E-state index contributed by atoms with van der Waals surface area (Å²) in [5.41, 5.74) is 0.974. The van der Waals surface area contributed by atoms with Crippen LogP contribution in [0.15, 0.2) is 17.1 Å². The van der Waals surface area contributed by atoms with E-state index >= 15 is 0 Å². The molecule has 0 saturated heterocycles. The molecule has 0 aliphatic carbocycles. The van der Waals surface area contributed by atoms with Crippen molar-refractivity contribution in [1.82, 2.24) is 9.55 Å². The summed E-state index contributed by atoms with van der Waals surface area (Å²) in [5.74, 6) is -1.01. The van der Waals surface area contributed by atoms with E-state index in [4.69, 9.17) is 0 Å². The number of thiazole rings is 1. The second-order valence-corrected chi connectivity index (χ2v) is 5.68. The van der Waals surface area contributed by atoms with E-state index in [1.807, 2.05) is 6.92 Å². The zero-order valence-corrected chi connectivity index (χ0v) is 11.7. The van der Waals surface area contributed by atoms with Crippen LogP contribution in [0.3, 0.4) is 0 Å². The van der Waals surface area contributed by atoms with Gasteiger partial charge < -0.3 is 9.67 Å². The Bertz CT molecular complexity index is 700. The van der Waals surface area contributed by atoms with Gasteiger partial charge in [0.15, 0.2) is 0 Å². The van der Waals surface area contributed by atoms with E-state index in [1.54, 1.807) is 20.0 Å². The fourth-order valence-corrected chi connectivity index (χ4v) is 2.86. The molecule has 2 heterocycles. The summed E-state index contributed by atoms with van der Waals surface area (Å²) < 4.78 is 1.48. The second kappa shape index (κ2) is 4.97. The van der Waals surface area contributed by atoms with Crippen LogP contribution in [-0.2, 0) is 6.54 Å². The van der Waals surface area contributed by atoms with Gasteiger partial charge in [0.05, 0.1) is 17.1 Å². The van der Waals surface area contributed by atoms with Gasteiger partial charge in [0, 0.05) is 22.8 Å². The highest BCUT2D eigenvalue weighted by Gasteiger charge is 2.16. The number of aryl methyl sites for hydroxylation is 2. The zero-order chi connectivity index (χ0) is 14.2. The minimum absolute atomic E-state index is 0.189. The quantitative estimate of drug-likeness (QED) is 0.931. The van der Waals surface area contributed by atoms with E-state index in [0.29, 0.717) is 17.8 Å². The summed E-state index contributed by atoms with van der Waals surface area (Å²) in [6.45, 7) is 5.54. The summed E-state index contributed by atoms with van der Waals surface area (Å²) in [7, 11) is 0. The third kappa shape index (κ3) is 2.58. The van der Waals surface area contributed by atoms with Crippen LogP contribution in [0, 0.1) is 20.8 Å². The van der Waals surface area contributed by atoms with Gasteiger partial charge in [-0.05, 0) is 26.3 Å². The predicted octanol–water partition coefficient (Wildman–Crippen LogP) is 1.98. The van der Waals surface area contributed by atoms with Crippen LogP contribution in [-0.4, -0.2) is 20.6 Å². The maximum atomic E-state index is 12.0. The molecule has 0 fully saturated rings. The molecule has 6 heteroatoms. The summed E-state index contributed by atoms with van der Waals surface area (Å²) in [5, 5.41) is 10.1. The molecule has 1 N–H and O–H groups in total. The van der Waals surface area contributed by atoms with Gasteiger partial charge in [-0.2, -0.15) is 0 Å². The van der Waals surface area contributed by atoms with E-state index in [-0.39, 0.29) is 11.1 Å². The van der Waals surface area contributed by atoms with Gasteiger partial charge in [-0.3, -0.25) is 4.79 Å². The van der Waals surface area contributed by atoms with Crippen molar-refractivity contribution in [3.63, 3.8) is 0 Å². The molecular weight excluding hydrogens is 264 g/mol. The smallest absolute Gasteiger partial charge is 0.337 e. The Labute approximate surface area is 114 Å². The number of hydrogen-bond donors (Lipinski definition) is 1. The van der Waals surface area contributed by atoms with E-state index in [0.717, 1.165) is 9.88 Å². The fraction of sp³-hybridized carbons (Fsp3) is 0.308. The van der Waals surface area contributed by atoms with Gasteiger partial charge >= 0.3 is 5.97 Å². The average molecular weight is 278 g/mol. The molecular formula is C13H14N2O3S. The molecule has 2 aromatic rings. The number of nitrogens with zero attached hydrogens (tertiary/aromatic N) is 2. The summed E-state index contributed by atoms with van der Waals surface area (Å²) in [6.07, 6.45) is 1.71. The zero-order valence-electron chi connectivity index (χ0n) is 10.9. The number of carboxylic acid groups (broad SMARTS) is 1. The molecule has 0 unspecified atom stereocenters. The first-order valence-electron chi connectivity index (χ1n) is 5.75. The topological polar surface area (TPSA) is 72.2 Å². The van der Waals surface area contributed by atoms with Gasteiger partial charge in [0.2, 0.25) is 0 Å². The molecule has 0 spiro atoms. The van der Waals surface area contributed by atoms with Crippen LogP contribution in [0.4, 0.5) is 0 Å². The normalized spacial score (nSPS) is 10.7. The van der Waals surface area contributed by atoms with Crippen LogP contribution in [0.5, 0.6) is 0 Å². The maximum Gasteiger partial charge on any atom is 0.337 e. The first-order chi connectivity index (χ1) is 8.90. The molecule has 0 radical (unpaired) electrons. The number of pyridine rings is 1. The lowest BCUT2D eigenvalue weighted by Gasteiger charge is -2.12. The number of hydrogen-bond acceptors (Lipinski definition) is 4. The molecule has 2 rings (SSSR count). The summed E-state index contributed by atoms with van der Waals surface area (Å²) in [4.78, 5) is 28.3. The standard InChI is InChI=1S/C13H14N2O3S/c1-7-4-11(16)15(8(2)12(7)13(17)18)6-10-5-14-9(3)19-10/h4-5H,6H2,1-3H3,(H,17,18). The van der Waals surface area contributed by atoms with Crippen LogP contribution in [0.25, 0.3) is 0 Å². The van der Waals surface area contributed by atoms with Crippen molar-refractivity contribution in [2.45, 2.75) is 27.3 Å². The Balaban J connectivity index is 2.54. The molecule has 2 aromatic heterocycles. The summed E-state index contributed by atoms with van der Waals surface area (Å²) in [6, 6.07) is 1.37. The third-order valence-corrected chi connectivity index (χ3v) is 3.86. The van der Waals surface area contributed by atoms with Crippen LogP contribution in [0.1, 0.15) is 31.5 Å². The van der Waals surface area contributed by atoms with E-state index in [2.05, 4.69) is 4.98 Å². The van der Waals surface area contributed by atoms with Gasteiger partial charge in [0.25, 0.3) is 5.56 Å². The van der Waals surface area contributed by atoms with Gasteiger partial charge in [-0.15, -0.1) is 11.3 Å². The highest BCUT2D eigenvalue weighted by molar-refractivity contribution is 7.11. The molecule has 0 atom stereocenters. The second-order valence-electron chi connectivity index (χ2n) is 4.36. The monoisotopic (exact) mass is 278 g/mol. The van der Waals surface area contributed by atoms with E-state index in [9.17, 15) is 14.7 Å². The van der Waals surface area contributed by atoms with Gasteiger partial charge in [0.1, 0.15) is 0 Å².